The summed E-state index contributed by atoms with van der Waals surface area (Å²) in [6.45, 7) is 11.4. The molecule has 1 aromatic carbocycles. The molecule has 1 rings (SSSR count). The second kappa shape index (κ2) is 7.00. The number of Topliss-reactive ketones (excluding diaryl/α,β-unsaturated/α-hetero) is 1. The summed E-state index contributed by atoms with van der Waals surface area (Å²) in [6, 6.07) is 7.83. The van der Waals surface area contributed by atoms with Crippen LogP contribution in [0.4, 0.5) is 0 Å². The van der Waals surface area contributed by atoms with Crippen LogP contribution in [0.2, 0.25) is 0 Å². The molecule has 1 aromatic rings. The number of hydrogen-bond donors (Lipinski definition) is 1. The summed E-state index contributed by atoms with van der Waals surface area (Å²) in [7, 11) is 0. The van der Waals surface area contributed by atoms with Crippen molar-refractivity contribution in [1.29, 1.82) is 0 Å². The Labute approximate surface area is 122 Å². The number of hydrogen-bond acceptors (Lipinski definition) is 3. The molecular formula is C17H27NO2. The van der Waals surface area contributed by atoms with E-state index in [0.717, 1.165) is 12.1 Å². The van der Waals surface area contributed by atoms with Gasteiger partial charge in [-0.25, -0.2) is 0 Å². The van der Waals surface area contributed by atoms with Crippen LogP contribution in [-0.4, -0.2) is 41.0 Å². The fourth-order valence-electron chi connectivity index (χ4n) is 2.18. The van der Waals surface area contributed by atoms with Crippen molar-refractivity contribution in [2.45, 2.75) is 46.1 Å². The van der Waals surface area contributed by atoms with Gasteiger partial charge in [0.05, 0.1) is 12.1 Å². The molecule has 1 N–H and O–H groups in total. The van der Waals surface area contributed by atoms with Gasteiger partial charge in [-0.05, 0) is 31.9 Å². The number of ketones is 1. The van der Waals surface area contributed by atoms with Crippen LogP contribution >= 0.6 is 0 Å². The van der Waals surface area contributed by atoms with E-state index in [0.29, 0.717) is 19.0 Å². The van der Waals surface area contributed by atoms with Crippen LogP contribution < -0.4 is 0 Å². The molecule has 0 amide bonds. The summed E-state index contributed by atoms with van der Waals surface area (Å²) in [5.41, 5.74) is 1.20. The largest absolute Gasteiger partial charge is 0.389 e. The molecule has 0 unspecified atom stereocenters. The molecular weight excluding hydrogens is 250 g/mol. The molecule has 0 heterocycles. The first-order valence-corrected chi connectivity index (χ1v) is 7.31. The summed E-state index contributed by atoms with van der Waals surface area (Å²) in [6.07, 6.45) is 0. The Bertz CT molecular complexity index is 429. The van der Waals surface area contributed by atoms with Gasteiger partial charge in [0.1, 0.15) is 0 Å². The number of likely N-dealkylation sites (N-methyl/N-ethyl adjacent to an activating group) is 1. The Hall–Kier alpha value is -1.19. The molecule has 3 nitrogen and oxygen atoms in total. The van der Waals surface area contributed by atoms with Gasteiger partial charge in [-0.1, -0.05) is 45.0 Å². The highest BCUT2D eigenvalue weighted by Gasteiger charge is 2.19. The van der Waals surface area contributed by atoms with Crippen molar-refractivity contribution >= 4 is 5.78 Å². The molecule has 0 aliphatic rings. The fourth-order valence-corrected chi connectivity index (χ4v) is 2.18. The van der Waals surface area contributed by atoms with Crippen LogP contribution in [0.5, 0.6) is 0 Å². The van der Waals surface area contributed by atoms with Gasteiger partial charge in [-0.3, -0.25) is 9.69 Å². The monoisotopic (exact) mass is 277 g/mol. The molecule has 0 spiro atoms. The van der Waals surface area contributed by atoms with E-state index >= 15 is 0 Å². The first-order chi connectivity index (χ1) is 9.23. The third kappa shape index (κ3) is 5.43. The number of carbonyl (C=O) groups is 1. The Morgan fingerprint density at radius 1 is 1.25 bits per heavy atom. The van der Waals surface area contributed by atoms with E-state index in [-0.39, 0.29) is 5.78 Å². The van der Waals surface area contributed by atoms with Crippen molar-refractivity contribution in [2.24, 2.45) is 0 Å². The summed E-state index contributed by atoms with van der Waals surface area (Å²) in [5.74, 6) is 0.577. The van der Waals surface area contributed by atoms with Crippen molar-refractivity contribution in [2.75, 3.05) is 19.6 Å². The van der Waals surface area contributed by atoms with Crippen molar-refractivity contribution in [3.63, 3.8) is 0 Å². The van der Waals surface area contributed by atoms with Crippen LogP contribution in [0, 0.1) is 0 Å². The zero-order valence-electron chi connectivity index (χ0n) is 13.3. The van der Waals surface area contributed by atoms with E-state index in [2.05, 4.69) is 13.8 Å². The SMILES string of the molecule is CCN(CC(=O)c1ccc(C(C)C)cc1)CC(C)(C)O. The number of rotatable bonds is 7. The Kier molecular flexibility index (Phi) is 5.90. The summed E-state index contributed by atoms with van der Waals surface area (Å²) >= 11 is 0. The highest BCUT2D eigenvalue weighted by molar-refractivity contribution is 5.97. The molecule has 0 atom stereocenters. The van der Waals surface area contributed by atoms with Gasteiger partial charge < -0.3 is 5.11 Å². The standard InChI is InChI=1S/C17H27NO2/c1-6-18(12-17(4,5)20)11-16(19)15-9-7-14(8-10-15)13(2)3/h7-10,13,20H,6,11-12H2,1-5H3. The lowest BCUT2D eigenvalue weighted by atomic mass is 10.0. The van der Waals surface area contributed by atoms with Crippen LogP contribution in [0.1, 0.15) is 56.5 Å². The van der Waals surface area contributed by atoms with E-state index in [1.165, 1.54) is 5.56 Å². The van der Waals surface area contributed by atoms with Gasteiger partial charge in [0, 0.05) is 12.1 Å². The van der Waals surface area contributed by atoms with Gasteiger partial charge in [-0.15, -0.1) is 0 Å². The molecule has 0 aliphatic carbocycles. The minimum absolute atomic E-state index is 0.103. The van der Waals surface area contributed by atoms with Crippen molar-refractivity contribution < 1.29 is 9.90 Å². The number of carbonyl (C=O) groups excluding carboxylic acids is 1. The van der Waals surface area contributed by atoms with Crippen LogP contribution in [0.15, 0.2) is 24.3 Å². The number of aliphatic hydroxyl groups is 1. The Morgan fingerprint density at radius 2 is 1.80 bits per heavy atom. The molecule has 112 valence electrons. The maximum Gasteiger partial charge on any atom is 0.176 e. The molecule has 0 saturated carbocycles. The second-order valence-electron chi connectivity index (χ2n) is 6.32. The van der Waals surface area contributed by atoms with E-state index in [4.69, 9.17) is 0 Å². The topological polar surface area (TPSA) is 40.5 Å². The normalized spacial score (nSPS) is 12.2. The highest BCUT2D eigenvalue weighted by Crippen LogP contribution is 2.15. The van der Waals surface area contributed by atoms with Gasteiger partial charge in [-0.2, -0.15) is 0 Å². The van der Waals surface area contributed by atoms with Crippen molar-refractivity contribution in [1.82, 2.24) is 4.90 Å². The highest BCUT2D eigenvalue weighted by atomic mass is 16.3. The minimum Gasteiger partial charge on any atom is -0.389 e. The second-order valence-corrected chi connectivity index (χ2v) is 6.32. The summed E-state index contributed by atoms with van der Waals surface area (Å²) in [4.78, 5) is 14.2. The van der Waals surface area contributed by atoms with Crippen molar-refractivity contribution in [3.8, 4) is 0 Å². The van der Waals surface area contributed by atoms with Gasteiger partial charge in [0.2, 0.25) is 0 Å². The zero-order valence-corrected chi connectivity index (χ0v) is 13.3. The predicted molar refractivity (Wildman–Crippen MR) is 83.3 cm³/mol. The van der Waals surface area contributed by atoms with E-state index in [1.807, 2.05) is 36.1 Å². The van der Waals surface area contributed by atoms with Crippen LogP contribution in [0.25, 0.3) is 0 Å². The number of benzene rings is 1. The molecule has 3 heteroatoms. The third-order valence-electron chi connectivity index (χ3n) is 3.32. The molecule has 20 heavy (non-hydrogen) atoms. The zero-order chi connectivity index (χ0) is 15.3. The van der Waals surface area contributed by atoms with E-state index < -0.39 is 5.60 Å². The van der Waals surface area contributed by atoms with Gasteiger partial charge in [0.25, 0.3) is 0 Å². The summed E-state index contributed by atoms with van der Waals surface area (Å²) < 4.78 is 0. The number of nitrogens with zero attached hydrogens (tertiary/aromatic N) is 1. The quantitative estimate of drug-likeness (QED) is 0.779. The fraction of sp³-hybridized carbons (Fsp3) is 0.588. The van der Waals surface area contributed by atoms with E-state index in [9.17, 15) is 9.90 Å². The first-order valence-electron chi connectivity index (χ1n) is 7.31. The maximum absolute atomic E-state index is 12.3. The predicted octanol–water partition coefficient (Wildman–Crippen LogP) is 3.09. The van der Waals surface area contributed by atoms with Crippen LogP contribution in [0.3, 0.4) is 0 Å². The molecule has 0 fully saturated rings. The van der Waals surface area contributed by atoms with Crippen LogP contribution in [-0.2, 0) is 0 Å². The molecule has 0 aromatic heterocycles. The van der Waals surface area contributed by atoms with Gasteiger partial charge in [0.15, 0.2) is 5.78 Å². The van der Waals surface area contributed by atoms with Gasteiger partial charge >= 0.3 is 0 Å². The molecule has 0 bridgehead atoms. The lowest BCUT2D eigenvalue weighted by Crippen LogP contribution is -2.41. The smallest absolute Gasteiger partial charge is 0.176 e. The first kappa shape index (κ1) is 16.9. The summed E-state index contributed by atoms with van der Waals surface area (Å²) in [5, 5.41) is 9.85. The average molecular weight is 277 g/mol. The van der Waals surface area contributed by atoms with Crippen molar-refractivity contribution in [3.05, 3.63) is 35.4 Å². The molecule has 0 aliphatic heterocycles. The Balaban J connectivity index is 2.69. The minimum atomic E-state index is -0.780. The molecule has 0 radical (unpaired) electrons. The lowest BCUT2D eigenvalue weighted by molar-refractivity contribution is 0.0376. The average Bonchev–Trinajstić information content (AvgIpc) is 2.36. The Morgan fingerprint density at radius 3 is 2.20 bits per heavy atom. The molecule has 0 saturated heterocycles. The maximum atomic E-state index is 12.3. The van der Waals surface area contributed by atoms with E-state index in [1.54, 1.807) is 13.8 Å². The third-order valence-corrected chi connectivity index (χ3v) is 3.32. The lowest BCUT2D eigenvalue weighted by Gasteiger charge is -2.27.